The van der Waals surface area contributed by atoms with Crippen LogP contribution < -0.4 is 11.1 Å². The van der Waals surface area contributed by atoms with E-state index in [2.05, 4.69) is 5.32 Å². The molecule has 0 unspecified atom stereocenters. The van der Waals surface area contributed by atoms with Gasteiger partial charge < -0.3 is 11.1 Å². The van der Waals surface area contributed by atoms with Crippen LogP contribution in [0.1, 0.15) is 25.3 Å². The molecule has 1 rings (SSSR count). The van der Waals surface area contributed by atoms with Crippen molar-refractivity contribution in [3.63, 3.8) is 0 Å². The Kier molecular flexibility index (Phi) is 5.98. The fraction of sp³-hybridized carbons (Fsp3) is 0.462. The molecule has 0 fully saturated rings. The monoisotopic (exact) mass is 284 g/mol. The summed E-state index contributed by atoms with van der Waals surface area (Å²) in [5, 5.41) is 2.60. The van der Waals surface area contributed by atoms with Crippen LogP contribution in [-0.4, -0.2) is 25.8 Å². The standard InChI is InChI=1S/C13H20N2O3S/c1-2-3-8-19(17,18)10-13(16)15-12-7-5-4-6-11(12)9-14/h4-7H,2-3,8-10,14H2,1H3,(H,15,16). The van der Waals surface area contributed by atoms with E-state index in [1.165, 1.54) is 0 Å². The molecule has 5 nitrogen and oxygen atoms in total. The first-order valence-corrected chi connectivity index (χ1v) is 8.09. The highest BCUT2D eigenvalue weighted by molar-refractivity contribution is 7.92. The van der Waals surface area contributed by atoms with Crippen molar-refractivity contribution in [1.82, 2.24) is 0 Å². The minimum atomic E-state index is -3.33. The van der Waals surface area contributed by atoms with Crippen LogP contribution in [0.2, 0.25) is 0 Å². The molecule has 0 radical (unpaired) electrons. The molecule has 1 amide bonds. The van der Waals surface area contributed by atoms with Crippen molar-refractivity contribution < 1.29 is 13.2 Å². The van der Waals surface area contributed by atoms with Gasteiger partial charge in [0, 0.05) is 12.2 Å². The van der Waals surface area contributed by atoms with Crippen molar-refractivity contribution in [3.05, 3.63) is 29.8 Å². The topological polar surface area (TPSA) is 89.3 Å². The number of hydrogen-bond acceptors (Lipinski definition) is 4. The highest BCUT2D eigenvalue weighted by Crippen LogP contribution is 2.14. The van der Waals surface area contributed by atoms with Crippen molar-refractivity contribution in [1.29, 1.82) is 0 Å². The third kappa shape index (κ3) is 5.40. The Bertz CT molecular complexity index is 526. The number of hydrogen-bond donors (Lipinski definition) is 2. The van der Waals surface area contributed by atoms with Crippen LogP contribution in [0.5, 0.6) is 0 Å². The van der Waals surface area contributed by atoms with Gasteiger partial charge in [0.2, 0.25) is 5.91 Å². The number of para-hydroxylation sites is 1. The maximum absolute atomic E-state index is 11.7. The van der Waals surface area contributed by atoms with Gasteiger partial charge in [0.05, 0.1) is 5.75 Å². The van der Waals surface area contributed by atoms with Gasteiger partial charge in [0.25, 0.3) is 0 Å². The molecule has 0 bridgehead atoms. The van der Waals surface area contributed by atoms with E-state index in [-0.39, 0.29) is 5.75 Å². The summed E-state index contributed by atoms with van der Waals surface area (Å²) < 4.78 is 23.3. The highest BCUT2D eigenvalue weighted by Gasteiger charge is 2.16. The number of amides is 1. The fourth-order valence-corrected chi connectivity index (χ4v) is 2.99. The maximum Gasteiger partial charge on any atom is 0.239 e. The van der Waals surface area contributed by atoms with E-state index in [9.17, 15) is 13.2 Å². The summed E-state index contributed by atoms with van der Waals surface area (Å²) in [5.41, 5.74) is 6.90. The number of carbonyl (C=O) groups is 1. The Morgan fingerprint density at radius 3 is 2.63 bits per heavy atom. The predicted octanol–water partition coefficient (Wildman–Crippen LogP) is 1.30. The zero-order valence-corrected chi connectivity index (χ0v) is 11.9. The molecule has 0 aliphatic heterocycles. The summed E-state index contributed by atoms with van der Waals surface area (Å²) in [6, 6.07) is 7.08. The van der Waals surface area contributed by atoms with Gasteiger partial charge in [-0.05, 0) is 18.1 Å². The molecule has 1 aromatic rings. The molecular formula is C13H20N2O3S. The molecule has 0 aliphatic carbocycles. The quantitative estimate of drug-likeness (QED) is 0.789. The van der Waals surface area contributed by atoms with Crippen molar-refractivity contribution in [2.75, 3.05) is 16.8 Å². The third-order valence-corrected chi connectivity index (χ3v) is 4.28. The molecule has 106 valence electrons. The molecule has 0 spiro atoms. The number of unbranched alkanes of at least 4 members (excludes halogenated alkanes) is 1. The van der Waals surface area contributed by atoms with Gasteiger partial charge >= 0.3 is 0 Å². The summed E-state index contributed by atoms with van der Waals surface area (Å²) in [6.07, 6.45) is 1.37. The number of anilines is 1. The van der Waals surface area contributed by atoms with Crippen LogP contribution in [0, 0.1) is 0 Å². The van der Waals surface area contributed by atoms with Crippen molar-refractivity contribution in [3.8, 4) is 0 Å². The molecule has 6 heteroatoms. The second-order valence-electron chi connectivity index (χ2n) is 4.36. The van der Waals surface area contributed by atoms with Gasteiger partial charge in [0.1, 0.15) is 5.75 Å². The molecule has 0 aliphatic rings. The van der Waals surface area contributed by atoms with Crippen molar-refractivity contribution >= 4 is 21.4 Å². The number of benzene rings is 1. The van der Waals surface area contributed by atoms with Crippen LogP contribution in [0.25, 0.3) is 0 Å². The lowest BCUT2D eigenvalue weighted by atomic mass is 10.2. The van der Waals surface area contributed by atoms with Gasteiger partial charge in [-0.25, -0.2) is 8.42 Å². The summed E-state index contributed by atoms with van der Waals surface area (Å²) in [4.78, 5) is 11.7. The predicted molar refractivity (Wildman–Crippen MR) is 76.5 cm³/mol. The number of nitrogens with two attached hydrogens (primary N) is 1. The fourth-order valence-electron chi connectivity index (χ4n) is 1.64. The third-order valence-electron chi connectivity index (χ3n) is 2.67. The SMILES string of the molecule is CCCCS(=O)(=O)CC(=O)Nc1ccccc1CN. The molecule has 3 N–H and O–H groups in total. The molecule has 0 aromatic heterocycles. The normalized spacial score (nSPS) is 11.3. The Hall–Kier alpha value is -1.40. The van der Waals surface area contributed by atoms with E-state index in [1.54, 1.807) is 18.2 Å². The van der Waals surface area contributed by atoms with Gasteiger partial charge in [-0.15, -0.1) is 0 Å². The van der Waals surface area contributed by atoms with Crippen LogP contribution in [0.4, 0.5) is 5.69 Å². The summed E-state index contributed by atoms with van der Waals surface area (Å²) in [6.45, 7) is 2.20. The second-order valence-corrected chi connectivity index (χ2v) is 6.54. The summed E-state index contributed by atoms with van der Waals surface area (Å²) in [5.74, 6) is -0.946. The first-order valence-electron chi connectivity index (χ1n) is 6.26. The van der Waals surface area contributed by atoms with E-state index in [0.29, 0.717) is 18.7 Å². The number of rotatable bonds is 7. The van der Waals surface area contributed by atoms with E-state index < -0.39 is 21.5 Å². The first kappa shape index (κ1) is 15.7. The van der Waals surface area contributed by atoms with Gasteiger partial charge in [-0.1, -0.05) is 31.5 Å². The minimum absolute atomic E-state index is 0.0510. The lowest BCUT2D eigenvalue weighted by Crippen LogP contribution is -2.25. The average Bonchev–Trinajstić information content (AvgIpc) is 2.36. The Morgan fingerprint density at radius 1 is 1.32 bits per heavy atom. The van der Waals surface area contributed by atoms with Crippen LogP contribution >= 0.6 is 0 Å². The minimum Gasteiger partial charge on any atom is -0.326 e. The molecule has 0 saturated heterocycles. The molecule has 0 heterocycles. The second kappa shape index (κ2) is 7.25. The van der Waals surface area contributed by atoms with Gasteiger partial charge in [0.15, 0.2) is 9.84 Å². The lowest BCUT2D eigenvalue weighted by Gasteiger charge is -2.09. The first-order chi connectivity index (χ1) is 8.98. The lowest BCUT2D eigenvalue weighted by molar-refractivity contribution is -0.113. The zero-order chi connectivity index (χ0) is 14.3. The molecule has 19 heavy (non-hydrogen) atoms. The summed E-state index contributed by atoms with van der Waals surface area (Å²) >= 11 is 0. The van der Waals surface area contributed by atoms with Crippen LogP contribution in [-0.2, 0) is 21.2 Å². The van der Waals surface area contributed by atoms with E-state index in [4.69, 9.17) is 5.73 Å². The zero-order valence-electron chi connectivity index (χ0n) is 11.1. The largest absolute Gasteiger partial charge is 0.326 e. The molecule has 1 aromatic carbocycles. The number of sulfone groups is 1. The van der Waals surface area contributed by atoms with E-state index in [1.807, 2.05) is 13.0 Å². The Labute approximate surface area is 114 Å². The maximum atomic E-state index is 11.7. The van der Waals surface area contributed by atoms with Crippen molar-refractivity contribution in [2.24, 2.45) is 5.73 Å². The molecule has 0 atom stereocenters. The Balaban J connectivity index is 2.65. The Morgan fingerprint density at radius 2 is 2.00 bits per heavy atom. The smallest absolute Gasteiger partial charge is 0.239 e. The van der Waals surface area contributed by atoms with Gasteiger partial charge in [-0.3, -0.25) is 4.79 Å². The van der Waals surface area contributed by atoms with Crippen molar-refractivity contribution in [2.45, 2.75) is 26.3 Å². The highest BCUT2D eigenvalue weighted by atomic mass is 32.2. The van der Waals surface area contributed by atoms with E-state index >= 15 is 0 Å². The van der Waals surface area contributed by atoms with E-state index in [0.717, 1.165) is 12.0 Å². The molecular weight excluding hydrogens is 264 g/mol. The molecule has 0 saturated carbocycles. The number of nitrogens with one attached hydrogen (secondary N) is 1. The van der Waals surface area contributed by atoms with Crippen LogP contribution in [0.15, 0.2) is 24.3 Å². The average molecular weight is 284 g/mol. The number of carbonyl (C=O) groups excluding carboxylic acids is 1. The van der Waals surface area contributed by atoms with Crippen LogP contribution in [0.3, 0.4) is 0 Å². The van der Waals surface area contributed by atoms with Gasteiger partial charge in [-0.2, -0.15) is 0 Å². The summed E-state index contributed by atoms with van der Waals surface area (Å²) in [7, 11) is -3.33.